The summed E-state index contributed by atoms with van der Waals surface area (Å²) in [5.41, 5.74) is 0. The maximum absolute atomic E-state index is 11.1. The van der Waals surface area contributed by atoms with Crippen LogP contribution < -0.4 is 0 Å². The summed E-state index contributed by atoms with van der Waals surface area (Å²) in [4.78, 5) is 0. The van der Waals surface area contributed by atoms with Crippen LogP contribution in [0.2, 0.25) is 0 Å². The van der Waals surface area contributed by atoms with Crippen molar-refractivity contribution in [3.8, 4) is 0 Å². The Labute approximate surface area is 70.7 Å². The number of hydrogen-bond acceptors (Lipinski definition) is 1. The van der Waals surface area contributed by atoms with E-state index in [1.165, 1.54) is 6.92 Å². The van der Waals surface area contributed by atoms with Crippen LogP contribution in [0.1, 0.15) is 13.3 Å². The first kappa shape index (κ1) is 17.7. The normalized spacial score (nSPS) is 7.50. The van der Waals surface area contributed by atoms with Gasteiger partial charge < -0.3 is 4.74 Å². The minimum absolute atomic E-state index is 0.188. The van der Waals surface area contributed by atoms with E-state index in [0.29, 0.717) is 13.6 Å². The Balaban J connectivity index is -0.000000137. The van der Waals surface area contributed by atoms with Gasteiger partial charge >= 0.3 is 0 Å². The van der Waals surface area contributed by atoms with Crippen molar-refractivity contribution in [3.05, 3.63) is 0 Å². The average molecular weight is 192 g/mol. The van der Waals surface area contributed by atoms with Crippen LogP contribution in [0.4, 0.5) is 17.6 Å². The fourth-order valence-electron chi connectivity index (χ4n) is 0.211. The van der Waals surface area contributed by atoms with Gasteiger partial charge in [0.1, 0.15) is 0 Å². The fourth-order valence-corrected chi connectivity index (χ4v) is 0.211. The predicted molar refractivity (Wildman–Crippen MR) is 41.2 cm³/mol. The Bertz CT molecular complexity index is 42.4. The lowest BCUT2D eigenvalue weighted by Crippen LogP contribution is -1.92. The number of halogens is 4. The first-order valence-electron chi connectivity index (χ1n) is 3.46. The number of hydrogen-bond donors (Lipinski definition) is 0. The van der Waals surface area contributed by atoms with E-state index in [2.05, 4.69) is 4.74 Å². The number of ether oxygens (including phenoxy) is 1. The molecule has 0 aliphatic heterocycles. The quantitative estimate of drug-likeness (QED) is 0.491. The summed E-state index contributed by atoms with van der Waals surface area (Å²) in [6.45, 7) is 0.160. The maximum Gasteiger partial charge on any atom is 0.188 e. The van der Waals surface area contributed by atoms with E-state index >= 15 is 0 Å². The van der Waals surface area contributed by atoms with Gasteiger partial charge in [-0.05, 0) is 13.3 Å². The molecule has 0 aromatic heterocycles. The number of alkyl halides is 4. The summed E-state index contributed by atoms with van der Waals surface area (Å²) in [5, 5.41) is 0. The summed E-state index contributed by atoms with van der Waals surface area (Å²) in [5.74, 6) is 0. The molecule has 0 fully saturated rings. The second-order valence-corrected chi connectivity index (χ2v) is 1.33. The van der Waals surface area contributed by atoms with E-state index in [-0.39, 0.29) is 13.3 Å². The van der Waals surface area contributed by atoms with Gasteiger partial charge in [-0.1, -0.05) is 0 Å². The molecule has 12 heavy (non-hydrogen) atoms. The first-order chi connectivity index (χ1) is 5.83. The third-order valence-electron chi connectivity index (χ3n) is 0.499. The zero-order chi connectivity index (χ0) is 10.2. The molecule has 0 amide bonds. The minimum Gasteiger partial charge on any atom is -0.350 e. The van der Waals surface area contributed by atoms with Crippen LogP contribution in [0, 0.1) is 0 Å². The highest BCUT2D eigenvalue weighted by atomic mass is 19.1. The molecule has 0 rings (SSSR count). The van der Waals surface area contributed by atoms with Crippen LogP contribution in [0.25, 0.3) is 0 Å². The summed E-state index contributed by atoms with van der Waals surface area (Å²) in [6, 6.07) is 0. The van der Waals surface area contributed by atoms with E-state index in [0.717, 1.165) is 0 Å². The summed E-state index contributed by atoms with van der Waals surface area (Å²) < 4.78 is 46.0. The first-order valence-corrected chi connectivity index (χ1v) is 3.46. The highest BCUT2D eigenvalue weighted by Gasteiger charge is 1.82. The highest BCUT2D eigenvalue weighted by Crippen LogP contribution is 1.82. The molecule has 0 bridgehead atoms. The largest absolute Gasteiger partial charge is 0.350 e. The van der Waals surface area contributed by atoms with Gasteiger partial charge in [-0.3, -0.25) is 13.2 Å². The Morgan fingerprint density at radius 2 is 1.50 bits per heavy atom. The molecular weight excluding hydrogens is 176 g/mol. The fraction of sp³-hybridized carbons (Fsp3) is 1.00. The average Bonchev–Trinajstić information content (AvgIpc) is 2.11. The van der Waals surface area contributed by atoms with Crippen molar-refractivity contribution in [2.45, 2.75) is 13.3 Å². The zero-order valence-electron chi connectivity index (χ0n) is 7.46. The van der Waals surface area contributed by atoms with Gasteiger partial charge in [-0.25, -0.2) is 4.39 Å². The molecule has 1 nitrogen and oxygen atoms in total. The van der Waals surface area contributed by atoms with Crippen LogP contribution in [0.5, 0.6) is 0 Å². The van der Waals surface area contributed by atoms with E-state index in [1.54, 1.807) is 0 Å². The van der Waals surface area contributed by atoms with Crippen molar-refractivity contribution in [1.82, 2.24) is 0 Å². The molecule has 0 aliphatic rings. The molecule has 0 aromatic rings. The molecule has 0 radical (unpaired) electrons. The van der Waals surface area contributed by atoms with Crippen LogP contribution in [-0.4, -0.2) is 34.0 Å². The molecular formula is C7H16F4O. The van der Waals surface area contributed by atoms with Gasteiger partial charge in [-0.15, -0.1) is 0 Å². The lowest BCUT2D eigenvalue weighted by molar-refractivity contribution is 0.0538. The molecule has 0 heterocycles. The van der Waals surface area contributed by atoms with Gasteiger partial charge in [0.25, 0.3) is 0 Å². The van der Waals surface area contributed by atoms with Gasteiger partial charge in [0.15, 0.2) is 6.86 Å². The van der Waals surface area contributed by atoms with Gasteiger partial charge in [0, 0.05) is 0 Å². The van der Waals surface area contributed by atoms with Crippen LogP contribution >= 0.6 is 0 Å². The molecule has 0 saturated carbocycles. The summed E-state index contributed by atoms with van der Waals surface area (Å²) in [6.07, 6.45) is 0.296. The summed E-state index contributed by atoms with van der Waals surface area (Å²) in [7, 11) is 0.500. The second kappa shape index (κ2) is 31.0. The molecule has 0 atom stereocenters. The van der Waals surface area contributed by atoms with Crippen molar-refractivity contribution < 1.29 is 22.3 Å². The topological polar surface area (TPSA) is 9.23 Å². The number of rotatable bonds is 4. The molecule has 5 heteroatoms. The highest BCUT2D eigenvalue weighted by molar-refractivity contribution is 4.27. The van der Waals surface area contributed by atoms with Crippen molar-refractivity contribution in [2.75, 3.05) is 34.0 Å². The van der Waals surface area contributed by atoms with Gasteiger partial charge in [-0.2, -0.15) is 0 Å². The summed E-state index contributed by atoms with van der Waals surface area (Å²) >= 11 is 0. The maximum atomic E-state index is 11.1. The van der Waals surface area contributed by atoms with Crippen molar-refractivity contribution in [1.29, 1.82) is 0 Å². The second-order valence-electron chi connectivity index (χ2n) is 1.33. The molecule has 0 N–H and O–H groups in total. The Hall–Kier alpha value is -0.320. The van der Waals surface area contributed by atoms with Crippen molar-refractivity contribution in [3.63, 3.8) is 0 Å². The lowest BCUT2D eigenvalue weighted by atomic mass is 10.5. The third-order valence-corrected chi connectivity index (χ3v) is 0.499. The molecule has 0 aromatic carbocycles. The van der Waals surface area contributed by atoms with Crippen LogP contribution in [0.15, 0.2) is 0 Å². The molecule has 0 unspecified atom stereocenters. The molecule has 0 aliphatic carbocycles. The monoisotopic (exact) mass is 192 g/mol. The smallest absolute Gasteiger partial charge is 0.188 e. The third kappa shape index (κ3) is 53.9. The van der Waals surface area contributed by atoms with Crippen LogP contribution in [0.3, 0.4) is 0 Å². The van der Waals surface area contributed by atoms with Gasteiger partial charge in [0.2, 0.25) is 0 Å². The van der Waals surface area contributed by atoms with E-state index < -0.39 is 13.5 Å². The van der Waals surface area contributed by atoms with E-state index in [1.807, 2.05) is 0 Å². The van der Waals surface area contributed by atoms with E-state index in [9.17, 15) is 17.6 Å². The molecule has 0 spiro atoms. The predicted octanol–water partition coefficient (Wildman–Crippen LogP) is 2.85. The minimum atomic E-state index is -0.806. The van der Waals surface area contributed by atoms with Crippen LogP contribution in [-0.2, 0) is 4.74 Å². The van der Waals surface area contributed by atoms with Gasteiger partial charge in [0.05, 0.1) is 27.1 Å². The SMILES string of the molecule is CCF.CF.FCCCOCF. The Kier molecular flexibility index (Phi) is 45.7. The van der Waals surface area contributed by atoms with Crippen molar-refractivity contribution in [2.24, 2.45) is 0 Å². The lowest BCUT2D eigenvalue weighted by Gasteiger charge is -1.91. The standard InChI is InChI=1S/C4H8F2O.C2H5F.CH3F/c5-2-1-3-7-4-6;1-2-3;1-2/h1-4H2;2H2,1H3;1H3. The molecule has 0 saturated heterocycles. The Morgan fingerprint density at radius 1 is 1.08 bits per heavy atom. The van der Waals surface area contributed by atoms with E-state index in [4.69, 9.17) is 0 Å². The Morgan fingerprint density at radius 3 is 1.75 bits per heavy atom. The molecule has 78 valence electrons. The zero-order valence-corrected chi connectivity index (χ0v) is 7.46. The van der Waals surface area contributed by atoms with Crippen molar-refractivity contribution >= 4 is 0 Å².